The van der Waals surface area contributed by atoms with E-state index in [4.69, 9.17) is 11.6 Å². The zero-order valence-corrected chi connectivity index (χ0v) is 13.8. The molecule has 2 heterocycles. The van der Waals surface area contributed by atoms with Crippen molar-refractivity contribution in [2.24, 2.45) is 0 Å². The fraction of sp³-hybridized carbons (Fsp3) is 0.235. The number of fused-ring (bicyclic) bond motifs is 1. The number of pyridine rings is 1. The molecule has 124 valence electrons. The number of aryl methyl sites for hydroxylation is 1. The van der Waals surface area contributed by atoms with E-state index in [1.807, 2.05) is 31.2 Å². The minimum atomic E-state index is -0.632. The topological polar surface area (TPSA) is 59.8 Å². The quantitative estimate of drug-likeness (QED) is 0.767. The van der Waals surface area contributed by atoms with Crippen molar-refractivity contribution < 1.29 is 4.39 Å². The van der Waals surface area contributed by atoms with Crippen LogP contribution in [-0.4, -0.2) is 21.2 Å². The third-order valence-corrected chi connectivity index (χ3v) is 4.00. The Balaban J connectivity index is 1.93. The van der Waals surface area contributed by atoms with E-state index in [1.165, 1.54) is 10.6 Å². The molecule has 0 aliphatic carbocycles. The summed E-state index contributed by atoms with van der Waals surface area (Å²) in [7, 11) is 0. The van der Waals surface area contributed by atoms with Crippen molar-refractivity contribution in [2.45, 2.75) is 19.5 Å². The van der Waals surface area contributed by atoms with Gasteiger partial charge in [0.15, 0.2) is 0 Å². The minimum Gasteiger partial charge on any atom is -0.348 e. The first-order valence-corrected chi connectivity index (χ1v) is 7.91. The van der Waals surface area contributed by atoms with Gasteiger partial charge in [0.1, 0.15) is 12.3 Å². The largest absolute Gasteiger partial charge is 0.348 e. The Morgan fingerprint density at radius 3 is 2.71 bits per heavy atom. The molecule has 24 heavy (non-hydrogen) atoms. The molecule has 1 N–H and O–H groups in total. The predicted octanol–water partition coefficient (Wildman–Crippen LogP) is 3.59. The molecule has 0 radical (unpaired) electrons. The Morgan fingerprint density at radius 1 is 1.25 bits per heavy atom. The summed E-state index contributed by atoms with van der Waals surface area (Å²) >= 11 is 5.90. The van der Waals surface area contributed by atoms with Crippen molar-refractivity contribution in [2.75, 3.05) is 12.0 Å². The summed E-state index contributed by atoms with van der Waals surface area (Å²) < 4.78 is 14.0. The van der Waals surface area contributed by atoms with Crippen LogP contribution >= 0.6 is 11.6 Å². The number of rotatable bonds is 5. The molecule has 1 unspecified atom stereocenters. The van der Waals surface area contributed by atoms with E-state index >= 15 is 0 Å². The molecule has 0 saturated heterocycles. The molecule has 7 heteroatoms. The Kier molecular flexibility index (Phi) is 4.76. The maximum Gasteiger partial charge on any atom is 0.252 e. The lowest BCUT2D eigenvalue weighted by Gasteiger charge is -2.15. The highest BCUT2D eigenvalue weighted by atomic mass is 35.5. The highest BCUT2D eigenvalue weighted by Crippen LogP contribution is 2.20. The van der Waals surface area contributed by atoms with Gasteiger partial charge in [-0.2, -0.15) is 4.98 Å². The molecule has 0 aliphatic heterocycles. The van der Waals surface area contributed by atoms with E-state index in [-0.39, 0.29) is 18.1 Å². The van der Waals surface area contributed by atoms with Gasteiger partial charge in [0.25, 0.3) is 5.56 Å². The second-order valence-corrected chi connectivity index (χ2v) is 5.84. The van der Waals surface area contributed by atoms with Gasteiger partial charge in [-0.1, -0.05) is 23.7 Å². The third-order valence-electron chi connectivity index (χ3n) is 3.75. The maximum absolute atomic E-state index is 12.7. The summed E-state index contributed by atoms with van der Waals surface area (Å²) in [6.45, 7) is 1.31. The van der Waals surface area contributed by atoms with Crippen LogP contribution in [0.25, 0.3) is 11.0 Å². The number of anilines is 1. The first-order chi connectivity index (χ1) is 11.6. The van der Waals surface area contributed by atoms with Crippen molar-refractivity contribution in [1.29, 1.82) is 0 Å². The van der Waals surface area contributed by atoms with Crippen molar-refractivity contribution in [1.82, 2.24) is 14.5 Å². The number of hydrogen-bond donors (Lipinski definition) is 1. The molecule has 1 aromatic carbocycles. The molecule has 0 saturated carbocycles. The smallest absolute Gasteiger partial charge is 0.252 e. The number of halogens is 2. The van der Waals surface area contributed by atoms with Gasteiger partial charge in [-0.3, -0.25) is 9.36 Å². The first kappa shape index (κ1) is 16.4. The Labute approximate surface area is 143 Å². The summed E-state index contributed by atoms with van der Waals surface area (Å²) in [4.78, 5) is 20.6. The van der Waals surface area contributed by atoms with E-state index in [2.05, 4.69) is 15.3 Å². The fourth-order valence-corrected chi connectivity index (χ4v) is 2.60. The van der Waals surface area contributed by atoms with Crippen molar-refractivity contribution >= 4 is 28.6 Å². The van der Waals surface area contributed by atoms with Crippen LogP contribution in [0.4, 0.5) is 10.3 Å². The molecular formula is C17H16ClFN4O. The Morgan fingerprint density at radius 2 is 2.00 bits per heavy atom. The summed E-state index contributed by atoms with van der Waals surface area (Å²) in [6, 6.07) is 10.4. The molecule has 1 atom stereocenters. The number of aromatic nitrogens is 3. The maximum atomic E-state index is 12.7. The van der Waals surface area contributed by atoms with Crippen LogP contribution in [0.1, 0.15) is 18.5 Å². The van der Waals surface area contributed by atoms with Crippen LogP contribution in [0, 0.1) is 0 Å². The third kappa shape index (κ3) is 3.38. The Hall–Kier alpha value is -2.47. The van der Waals surface area contributed by atoms with Gasteiger partial charge in [0, 0.05) is 22.7 Å². The molecule has 0 fully saturated rings. The van der Waals surface area contributed by atoms with E-state index in [9.17, 15) is 9.18 Å². The average molecular weight is 347 g/mol. The second kappa shape index (κ2) is 6.97. The fourth-order valence-electron chi connectivity index (χ4n) is 2.47. The monoisotopic (exact) mass is 346 g/mol. The lowest BCUT2D eigenvalue weighted by atomic mass is 10.1. The van der Waals surface area contributed by atoms with Crippen molar-refractivity contribution in [3.8, 4) is 0 Å². The van der Waals surface area contributed by atoms with Crippen LogP contribution in [0.3, 0.4) is 0 Å². The number of alkyl halides is 1. The van der Waals surface area contributed by atoms with E-state index in [1.54, 1.807) is 12.3 Å². The number of nitrogens with zero attached hydrogens (tertiary/aromatic N) is 3. The highest BCUT2D eigenvalue weighted by molar-refractivity contribution is 6.30. The van der Waals surface area contributed by atoms with E-state index < -0.39 is 6.67 Å². The Bertz CT molecular complexity index is 911. The van der Waals surface area contributed by atoms with Crippen LogP contribution in [0.15, 0.2) is 47.4 Å². The van der Waals surface area contributed by atoms with Gasteiger partial charge in [-0.05, 0) is 30.7 Å². The number of nitrogens with one attached hydrogen (secondary N) is 1. The van der Waals surface area contributed by atoms with Crippen LogP contribution in [0.2, 0.25) is 5.02 Å². The summed E-state index contributed by atoms with van der Waals surface area (Å²) in [5.41, 5.74) is 1.16. The summed E-state index contributed by atoms with van der Waals surface area (Å²) in [5, 5.41) is 4.54. The number of hydrogen-bond acceptors (Lipinski definition) is 4. The molecule has 0 spiro atoms. The van der Waals surface area contributed by atoms with Crippen LogP contribution in [-0.2, 0) is 6.54 Å². The van der Waals surface area contributed by atoms with Crippen molar-refractivity contribution in [3.63, 3.8) is 0 Å². The molecule has 0 aliphatic rings. The SMILES string of the molecule is CC(Nc1ncc2ccc(=O)n(CCF)c2n1)c1ccc(Cl)cc1. The number of benzene rings is 1. The summed E-state index contributed by atoms with van der Waals surface area (Å²) in [6.07, 6.45) is 1.62. The van der Waals surface area contributed by atoms with Gasteiger partial charge in [0.05, 0.1) is 12.6 Å². The van der Waals surface area contributed by atoms with Gasteiger partial charge in [0.2, 0.25) is 5.95 Å². The van der Waals surface area contributed by atoms with Crippen molar-refractivity contribution in [3.05, 3.63) is 63.5 Å². The van der Waals surface area contributed by atoms with Gasteiger partial charge in [-0.25, -0.2) is 9.37 Å². The zero-order chi connectivity index (χ0) is 17.1. The second-order valence-electron chi connectivity index (χ2n) is 5.40. The highest BCUT2D eigenvalue weighted by Gasteiger charge is 2.10. The molecule has 3 aromatic rings. The lowest BCUT2D eigenvalue weighted by molar-refractivity contribution is 0.445. The van der Waals surface area contributed by atoms with Gasteiger partial charge in [-0.15, -0.1) is 0 Å². The van der Waals surface area contributed by atoms with Gasteiger partial charge < -0.3 is 5.32 Å². The molecule has 5 nitrogen and oxygen atoms in total. The van der Waals surface area contributed by atoms with Crippen LogP contribution in [0.5, 0.6) is 0 Å². The van der Waals surface area contributed by atoms with E-state index in [0.717, 1.165) is 5.56 Å². The molecule has 2 aromatic heterocycles. The average Bonchev–Trinajstić information content (AvgIpc) is 2.58. The predicted molar refractivity (Wildman–Crippen MR) is 93.3 cm³/mol. The van der Waals surface area contributed by atoms with Gasteiger partial charge >= 0.3 is 0 Å². The van der Waals surface area contributed by atoms with E-state index in [0.29, 0.717) is 22.0 Å². The zero-order valence-electron chi connectivity index (χ0n) is 13.0. The summed E-state index contributed by atoms with van der Waals surface area (Å²) in [5.74, 6) is 0.378. The molecule has 0 bridgehead atoms. The molecule has 0 amide bonds. The molecular weight excluding hydrogens is 331 g/mol. The molecule has 3 rings (SSSR count). The minimum absolute atomic E-state index is 0.0284. The standard InChI is InChI=1S/C17H16ClFN4O/c1-11(12-2-5-14(18)6-3-12)21-17-20-10-13-4-7-15(24)23(9-8-19)16(13)22-17/h2-7,10-11H,8-9H2,1H3,(H,20,21,22). The first-order valence-electron chi connectivity index (χ1n) is 7.53. The normalized spacial score (nSPS) is 12.3. The van der Waals surface area contributed by atoms with Crippen LogP contribution < -0.4 is 10.9 Å². The lowest BCUT2D eigenvalue weighted by Crippen LogP contribution is -2.21.